The van der Waals surface area contributed by atoms with Crippen molar-refractivity contribution in [2.75, 3.05) is 5.32 Å². The van der Waals surface area contributed by atoms with Crippen LogP contribution in [0.15, 0.2) is 78.3 Å². The molecule has 6 heteroatoms. The van der Waals surface area contributed by atoms with Gasteiger partial charge in [0.05, 0.1) is 5.69 Å². The van der Waals surface area contributed by atoms with E-state index in [-0.39, 0.29) is 5.91 Å². The normalized spacial score (nSPS) is 11.0. The standard InChI is InChI=1S/C24H18N4OS/c1-15-6-8-17(9-7-15)20-21(23(29)28-24-25-12-13-30-24)27-22(26-20)19-11-10-16-4-2-3-5-18(16)14-19/h2-14H,1H3,(H,26,27)(H,25,28,29). The van der Waals surface area contributed by atoms with Crippen LogP contribution in [0.25, 0.3) is 33.4 Å². The SMILES string of the molecule is Cc1ccc(-c2[nH]c(-c3ccc4ccccc4c3)nc2C(=O)Nc2nccs2)cc1. The van der Waals surface area contributed by atoms with Gasteiger partial charge in [-0.05, 0) is 23.8 Å². The highest BCUT2D eigenvalue weighted by atomic mass is 32.1. The Balaban J connectivity index is 1.61. The Hall–Kier alpha value is -3.77. The van der Waals surface area contributed by atoms with Gasteiger partial charge in [0, 0.05) is 22.7 Å². The predicted octanol–water partition coefficient (Wildman–Crippen LogP) is 5.91. The van der Waals surface area contributed by atoms with Gasteiger partial charge in [-0.3, -0.25) is 10.1 Å². The predicted molar refractivity (Wildman–Crippen MR) is 122 cm³/mol. The maximum atomic E-state index is 13.0. The Kier molecular flexibility index (Phi) is 4.61. The molecule has 0 aliphatic heterocycles. The Morgan fingerprint density at radius 2 is 1.73 bits per heavy atom. The zero-order chi connectivity index (χ0) is 20.5. The molecule has 0 radical (unpaired) electrons. The summed E-state index contributed by atoms with van der Waals surface area (Å²) in [7, 11) is 0. The molecule has 146 valence electrons. The number of H-pyrrole nitrogens is 1. The molecular weight excluding hydrogens is 392 g/mol. The summed E-state index contributed by atoms with van der Waals surface area (Å²) in [5.74, 6) is 0.365. The molecule has 5 rings (SSSR count). The van der Waals surface area contributed by atoms with Crippen LogP contribution in [-0.4, -0.2) is 20.9 Å². The summed E-state index contributed by atoms with van der Waals surface area (Å²) in [6.07, 6.45) is 1.66. The van der Waals surface area contributed by atoms with Crippen molar-refractivity contribution in [1.82, 2.24) is 15.0 Å². The highest BCUT2D eigenvalue weighted by Crippen LogP contribution is 2.29. The van der Waals surface area contributed by atoms with Crippen LogP contribution in [0, 0.1) is 6.92 Å². The number of carbonyl (C=O) groups excluding carboxylic acids is 1. The van der Waals surface area contributed by atoms with E-state index < -0.39 is 0 Å². The number of aromatic amines is 1. The van der Waals surface area contributed by atoms with Gasteiger partial charge in [0.2, 0.25) is 0 Å². The van der Waals surface area contributed by atoms with Crippen LogP contribution in [-0.2, 0) is 0 Å². The number of fused-ring (bicyclic) bond motifs is 1. The molecule has 0 spiro atoms. The van der Waals surface area contributed by atoms with Crippen molar-refractivity contribution in [1.29, 1.82) is 0 Å². The lowest BCUT2D eigenvalue weighted by atomic mass is 10.1. The van der Waals surface area contributed by atoms with Crippen LogP contribution in [0.5, 0.6) is 0 Å². The van der Waals surface area contributed by atoms with E-state index >= 15 is 0 Å². The van der Waals surface area contributed by atoms with Crippen LogP contribution in [0.3, 0.4) is 0 Å². The lowest BCUT2D eigenvalue weighted by Crippen LogP contribution is -2.13. The molecule has 3 aromatic carbocycles. The van der Waals surface area contributed by atoms with Crippen molar-refractivity contribution >= 4 is 33.1 Å². The second kappa shape index (κ2) is 7.57. The fraction of sp³-hybridized carbons (Fsp3) is 0.0417. The van der Waals surface area contributed by atoms with Crippen LogP contribution in [0.1, 0.15) is 16.1 Å². The average Bonchev–Trinajstić information content (AvgIpc) is 3.44. The monoisotopic (exact) mass is 410 g/mol. The van der Waals surface area contributed by atoms with E-state index in [1.807, 2.05) is 54.8 Å². The molecule has 0 aliphatic carbocycles. The van der Waals surface area contributed by atoms with Crippen molar-refractivity contribution in [2.45, 2.75) is 6.92 Å². The van der Waals surface area contributed by atoms with Gasteiger partial charge in [-0.2, -0.15) is 0 Å². The van der Waals surface area contributed by atoms with Gasteiger partial charge in [-0.1, -0.05) is 66.2 Å². The maximum absolute atomic E-state index is 13.0. The molecule has 2 heterocycles. The largest absolute Gasteiger partial charge is 0.337 e. The summed E-state index contributed by atoms with van der Waals surface area (Å²) >= 11 is 1.37. The van der Waals surface area contributed by atoms with Gasteiger partial charge in [-0.15, -0.1) is 11.3 Å². The first-order chi connectivity index (χ1) is 14.7. The Morgan fingerprint density at radius 3 is 2.50 bits per heavy atom. The summed E-state index contributed by atoms with van der Waals surface area (Å²) in [6, 6.07) is 22.4. The molecule has 0 fully saturated rings. The number of hydrogen-bond acceptors (Lipinski definition) is 4. The van der Waals surface area contributed by atoms with Crippen LogP contribution in [0.4, 0.5) is 5.13 Å². The van der Waals surface area contributed by atoms with Crippen molar-refractivity contribution in [3.8, 4) is 22.6 Å². The second-order valence-corrected chi connectivity index (χ2v) is 7.92. The number of nitrogens with zero attached hydrogens (tertiary/aromatic N) is 2. The Morgan fingerprint density at radius 1 is 0.967 bits per heavy atom. The third-order valence-corrected chi connectivity index (χ3v) is 5.62. The molecule has 0 bridgehead atoms. The first kappa shape index (κ1) is 18.3. The van der Waals surface area contributed by atoms with Gasteiger partial charge < -0.3 is 4.98 Å². The molecule has 0 aliphatic rings. The number of hydrogen-bond donors (Lipinski definition) is 2. The minimum absolute atomic E-state index is 0.288. The number of imidazole rings is 1. The first-order valence-electron chi connectivity index (χ1n) is 9.54. The lowest BCUT2D eigenvalue weighted by Gasteiger charge is -2.03. The van der Waals surface area contributed by atoms with E-state index in [0.717, 1.165) is 27.5 Å². The van der Waals surface area contributed by atoms with Crippen molar-refractivity contribution in [2.24, 2.45) is 0 Å². The van der Waals surface area contributed by atoms with E-state index in [1.165, 1.54) is 11.3 Å². The summed E-state index contributed by atoms with van der Waals surface area (Å²) in [5, 5.41) is 7.49. The summed E-state index contributed by atoms with van der Waals surface area (Å²) < 4.78 is 0. The second-order valence-electron chi connectivity index (χ2n) is 7.03. The highest BCUT2D eigenvalue weighted by molar-refractivity contribution is 7.13. The molecule has 0 saturated heterocycles. The first-order valence-corrected chi connectivity index (χ1v) is 10.4. The summed E-state index contributed by atoms with van der Waals surface area (Å²) in [4.78, 5) is 25.2. The van der Waals surface area contributed by atoms with Crippen LogP contribution in [0.2, 0.25) is 0 Å². The molecule has 30 heavy (non-hydrogen) atoms. The summed E-state index contributed by atoms with van der Waals surface area (Å²) in [6.45, 7) is 2.04. The van der Waals surface area contributed by atoms with E-state index in [0.29, 0.717) is 22.3 Å². The number of anilines is 1. The number of amides is 1. The fourth-order valence-electron chi connectivity index (χ4n) is 3.38. The Bertz CT molecular complexity index is 1340. The number of benzene rings is 3. The zero-order valence-corrected chi connectivity index (χ0v) is 17.0. The van der Waals surface area contributed by atoms with Crippen molar-refractivity contribution in [3.05, 3.63) is 89.6 Å². The molecule has 0 atom stereocenters. The smallest absolute Gasteiger partial charge is 0.278 e. The summed E-state index contributed by atoms with van der Waals surface area (Å²) in [5.41, 5.74) is 4.02. The van der Waals surface area contributed by atoms with Crippen molar-refractivity contribution < 1.29 is 4.79 Å². The van der Waals surface area contributed by atoms with E-state index in [2.05, 4.69) is 44.5 Å². The van der Waals surface area contributed by atoms with Crippen molar-refractivity contribution in [3.63, 3.8) is 0 Å². The highest BCUT2D eigenvalue weighted by Gasteiger charge is 2.20. The number of aromatic nitrogens is 3. The zero-order valence-electron chi connectivity index (χ0n) is 16.2. The minimum atomic E-state index is -0.288. The average molecular weight is 411 g/mol. The van der Waals surface area contributed by atoms with Gasteiger partial charge >= 0.3 is 0 Å². The molecule has 0 unspecified atom stereocenters. The molecule has 1 amide bonds. The van der Waals surface area contributed by atoms with E-state index in [9.17, 15) is 4.79 Å². The minimum Gasteiger partial charge on any atom is -0.337 e. The topological polar surface area (TPSA) is 70.7 Å². The third-order valence-electron chi connectivity index (χ3n) is 4.93. The molecular formula is C24H18N4OS. The van der Waals surface area contributed by atoms with Crippen LogP contribution >= 0.6 is 11.3 Å². The number of carbonyl (C=O) groups is 1. The number of rotatable bonds is 4. The Labute approximate surface area is 177 Å². The number of thiazole rings is 1. The number of aryl methyl sites for hydroxylation is 1. The van der Waals surface area contributed by atoms with E-state index in [1.54, 1.807) is 6.20 Å². The molecule has 2 aromatic heterocycles. The molecule has 0 saturated carbocycles. The quantitative estimate of drug-likeness (QED) is 0.387. The fourth-order valence-corrected chi connectivity index (χ4v) is 3.91. The van der Waals surface area contributed by atoms with E-state index in [4.69, 9.17) is 0 Å². The van der Waals surface area contributed by atoms with Gasteiger partial charge in [0.1, 0.15) is 5.82 Å². The van der Waals surface area contributed by atoms with Crippen LogP contribution < -0.4 is 5.32 Å². The van der Waals surface area contributed by atoms with Gasteiger partial charge in [0.25, 0.3) is 5.91 Å². The molecule has 2 N–H and O–H groups in total. The number of nitrogens with one attached hydrogen (secondary N) is 2. The molecule has 5 aromatic rings. The van der Waals surface area contributed by atoms with Gasteiger partial charge in [-0.25, -0.2) is 9.97 Å². The third kappa shape index (κ3) is 3.49. The molecule has 5 nitrogen and oxygen atoms in total. The lowest BCUT2D eigenvalue weighted by molar-refractivity contribution is 0.102. The maximum Gasteiger partial charge on any atom is 0.278 e. The van der Waals surface area contributed by atoms with Gasteiger partial charge in [0.15, 0.2) is 10.8 Å².